The number of aromatic nitrogens is 2. The first-order valence-electron chi connectivity index (χ1n) is 10.9. The highest BCUT2D eigenvalue weighted by molar-refractivity contribution is 5.86. The lowest BCUT2D eigenvalue weighted by molar-refractivity contribution is -0.384. The van der Waals surface area contributed by atoms with E-state index < -0.39 is 0 Å². The van der Waals surface area contributed by atoms with Crippen LogP contribution in [-0.2, 0) is 13.1 Å². The summed E-state index contributed by atoms with van der Waals surface area (Å²) in [7, 11) is 0. The van der Waals surface area contributed by atoms with Gasteiger partial charge in [-0.05, 0) is 30.0 Å². The van der Waals surface area contributed by atoms with Crippen LogP contribution in [0.2, 0.25) is 0 Å². The molecule has 7 nitrogen and oxygen atoms in total. The molecule has 0 saturated carbocycles. The number of fused-ring (bicyclic) bond motifs is 1. The predicted molar refractivity (Wildman–Crippen MR) is 125 cm³/mol. The molecule has 1 fully saturated rings. The quantitative estimate of drug-likeness (QED) is 0.337. The van der Waals surface area contributed by atoms with Gasteiger partial charge in [-0.1, -0.05) is 60.7 Å². The molecule has 7 heteroatoms. The van der Waals surface area contributed by atoms with Crippen molar-refractivity contribution in [2.75, 3.05) is 18.0 Å². The van der Waals surface area contributed by atoms with Crippen LogP contribution in [0.5, 0.6) is 0 Å². The molecule has 0 radical (unpaired) electrons. The van der Waals surface area contributed by atoms with Gasteiger partial charge >= 0.3 is 5.69 Å². The van der Waals surface area contributed by atoms with Crippen molar-refractivity contribution >= 4 is 22.4 Å². The van der Waals surface area contributed by atoms with Crippen LogP contribution in [0.1, 0.15) is 24.0 Å². The Morgan fingerprint density at radius 2 is 1.28 bits per heavy atom. The minimum Gasteiger partial charge on any atom is -0.366 e. The first kappa shape index (κ1) is 20.1. The Morgan fingerprint density at radius 1 is 0.781 bits per heavy atom. The summed E-state index contributed by atoms with van der Waals surface area (Å²) in [4.78, 5) is 27.2. The molecule has 1 saturated heterocycles. The fourth-order valence-electron chi connectivity index (χ4n) is 4.53. The van der Waals surface area contributed by atoms with E-state index in [0.717, 1.165) is 42.6 Å². The highest BCUT2D eigenvalue weighted by atomic mass is 16.6. The lowest BCUT2D eigenvalue weighted by Crippen LogP contribution is -2.25. The summed E-state index contributed by atoms with van der Waals surface area (Å²) in [5, 5.41) is 12.0. The molecule has 0 N–H and O–H groups in total. The molecule has 1 aliphatic rings. The monoisotopic (exact) mass is 428 g/mol. The lowest BCUT2D eigenvalue weighted by Gasteiger charge is -2.18. The second-order valence-corrected chi connectivity index (χ2v) is 8.21. The summed E-state index contributed by atoms with van der Waals surface area (Å²) in [5.41, 5.74) is 3.78. The molecule has 162 valence electrons. The van der Waals surface area contributed by atoms with Gasteiger partial charge in [0.15, 0.2) is 0 Å². The van der Waals surface area contributed by atoms with E-state index in [0.29, 0.717) is 24.3 Å². The number of imidazole rings is 1. The van der Waals surface area contributed by atoms with Gasteiger partial charge in [0.05, 0.1) is 29.0 Å². The largest absolute Gasteiger partial charge is 0.366 e. The summed E-state index contributed by atoms with van der Waals surface area (Å²) in [6.07, 6.45) is 2.03. The van der Waals surface area contributed by atoms with Crippen molar-refractivity contribution in [1.82, 2.24) is 9.13 Å². The number of hydrogen-bond acceptors (Lipinski definition) is 4. The molecule has 0 aliphatic carbocycles. The molecule has 0 amide bonds. The standard InChI is InChI=1S/C25H24N4O3/c30-25-27(17-19-9-3-1-4-10-19)22-15-21(26-13-7-8-14-26)24(29(31)32)16-23(22)28(25)18-20-11-5-2-6-12-20/h1-6,9-12,15-16H,7-8,13-14,17-18H2. The van der Waals surface area contributed by atoms with Crippen LogP contribution in [0.25, 0.3) is 11.0 Å². The van der Waals surface area contributed by atoms with Crippen LogP contribution in [0.3, 0.4) is 0 Å². The van der Waals surface area contributed by atoms with Gasteiger partial charge < -0.3 is 4.90 Å². The lowest BCUT2D eigenvalue weighted by atomic mass is 10.2. The maximum Gasteiger partial charge on any atom is 0.329 e. The van der Waals surface area contributed by atoms with Crippen LogP contribution < -0.4 is 10.6 Å². The molecule has 32 heavy (non-hydrogen) atoms. The fraction of sp³-hybridized carbons (Fsp3) is 0.240. The van der Waals surface area contributed by atoms with E-state index in [9.17, 15) is 14.9 Å². The van der Waals surface area contributed by atoms with Crippen molar-refractivity contribution in [3.05, 3.63) is 105 Å². The Morgan fingerprint density at radius 3 is 1.78 bits per heavy atom. The Balaban J connectivity index is 1.73. The molecule has 3 aromatic carbocycles. The van der Waals surface area contributed by atoms with E-state index in [1.165, 1.54) is 0 Å². The Bertz CT molecular complexity index is 1320. The molecule has 5 rings (SSSR count). The molecule has 0 spiro atoms. The van der Waals surface area contributed by atoms with E-state index in [-0.39, 0.29) is 16.3 Å². The zero-order valence-corrected chi connectivity index (χ0v) is 17.7. The van der Waals surface area contributed by atoms with E-state index >= 15 is 0 Å². The van der Waals surface area contributed by atoms with Gasteiger partial charge in [0, 0.05) is 19.2 Å². The van der Waals surface area contributed by atoms with Crippen LogP contribution in [0.15, 0.2) is 77.6 Å². The average molecular weight is 428 g/mol. The summed E-state index contributed by atoms with van der Waals surface area (Å²) < 4.78 is 3.38. The molecular formula is C25H24N4O3. The molecule has 0 unspecified atom stereocenters. The van der Waals surface area contributed by atoms with Crippen molar-refractivity contribution in [3.63, 3.8) is 0 Å². The Hall–Kier alpha value is -3.87. The SMILES string of the molecule is O=c1n(Cc2ccccc2)c2cc(N3CCCC3)c([N+](=O)[O-])cc2n1Cc1ccccc1. The number of hydrogen-bond donors (Lipinski definition) is 0. The van der Waals surface area contributed by atoms with Crippen molar-refractivity contribution in [2.45, 2.75) is 25.9 Å². The van der Waals surface area contributed by atoms with E-state index in [1.54, 1.807) is 15.2 Å². The fourth-order valence-corrected chi connectivity index (χ4v) is 4.53. The summed E-state index contributed by atoms with van der Waals surface area (Å²) in [6.45, 7) is 2.35. The summed E-state index contributed by atoms with van der Waals surface area (Å²) in [6, 6.07) is 22.9. The maximum atomic E-state index is 13.6. The average Bonchev–Trinajstić information content (AvgIpc) is 3.43. The first-order valence-corrected chi connectivity index (χ1v) is 10.9. The summed E-state index contributed by atoms with van der Waals surface area (Å²) in [5.74, 6) is 0. The number of benzene rings is 3. The van der Waals surface area contributed by atoms with Gasteiger partial charge in [-0.2, -0.15) is 0 Å². The second kappa shape index (κ2) is 8.34. The van der Waals surface area contributed by atoms with Crippen molar-refractivity contribution in [3.8, 4) is 0 Å². The molecular weight excluding hydrogens is 404 g/mol. The van der Waals surface area contributed by atoms with Crippen molar-refractivity contribution < 1.29 is 4.92 Å². The van der Waals surface area contributed by atoms with Crippen LogP contribution in [-0.4, -0.2) is 27.1 Å². The number of anilines is 1. The van der Waals surface area contributed by atoms with Gasteiger partial charge in [-0.3, -0.25) is 19.2 Å². The topological polar surface area (TPSA) is 73.3 Å². The van der Waals surface area contributed by atoms with Crippen LogP contribution in [0, 0.1) is 10.1 Å². The number of nitro groups is 1. The first-order chi connectivity index (χ1) is 15.6. The predicted octanol–water partition coefficient (Wildman–Crippen LogP) is 4.41. The Labute approximate surface area is 185 Å². The van der Waals surface area contributed by atoms with Gasteiger partial charge in [0.25, 0.3) is 5.69 Å². The molecule has 2 heterocycles. The minimum atomic E-state index is -0.334. The van der Waals surface area contributed by atoms with E-state index in [4.69, 9.17) is 0 Å². The van der Waals surface area contributed by atoms with Crippen molar-refractivity contribution in [1.29, 1.82) is 0 Å². The zero-order chi connectivity index (χ0) is 22.1. The van der Waals surface area contributed by atoms with E-state index in [1.807, 2.05) is 66.7 Å². The van der Waals surface area contributed by atoms with Gasteiger partial charge in [0.1, 0.15) is 5.69 Å². The van der Waals surface area contributed by atoms with Crippen molar-refractivity contribution in [2.24, 2.45) is 0 Å². The molecule has 0 bridgehead atoms. The Kier molecular flexibility index (Phi) is 5.23. The zero-order valence-electron chi connectivity index (χ0n) is 17.7. The molecule has 1 aliphatic heterocycles. The third-order valence-electron chi connectivity index (χ3n) is 6.13. The third-order valence-corrected chi connectivity index (χ3v) is 6.13. The van der Waals surface area contributed by atoms with Gasteiger partial charge in [-0.25, -0.2) is 4.79 Å². The van der Waals surface area contributed by atoms with Gasteiger partial charge in [-0.15, -0.1) is 0 Å². The number of rotatable bonds is 6. The smallest absolute Gasteiger partial charge is 0.329 e. The second-order valence-electron chi connectivity index (χ2n) is 8.21. The maximum absolute atomic E-state index is 13.6. The molecule has 1 aromatic heterocycles. The van der Waals surface area contributed by atoms with E-state index in [2.05, 4.69) is 4.90 Å². The van der Waals surface area contributed by atoms with Crippen LogP contribution >= 0.6 is 0 Å². The minimum absolute atomic E-state index is 0.0538. The molecule has 4 aromatic rings. The molecule has 0 atom stereocenters. The van der Waals surface area contributed by atoms with Gasteiger partial charge in [0.2, 0.25) is 0 Å². The summed E-state index contributed by atoms with van der Waals surface area (Å²) >= 11 is 0. The normalized spacial score (nSPS) is 13.7. The highest BCUT2D eigenvalue weighted by Crippen LogP contribution is 2.35. The van der Waals surface area contributed by atoms with Crippen LogP contribution in [0.4, 0.5) is 11.4 Å². The number of nitrogens with zero attached hydrogens (tertiary/aromatic N) is 4. The highest BCUT2D eigenvalue weighted by Gasteiger charge is 2.26. The third kappa shape index (κ3) is 3.66. The number of nitro benzene ring substituents is 1.